The summed E-state index contributed by atoms with van der Waals surface area (Å²) in [5, 5.41) is 8.06. The van der Waals surface area contributed by atoms with Crippen molar-refractivity contribution in [2.24, 2.45) is 0 Å². The maximum atomic E-state index is 4.03. The smallest absolute Gasteiger partial charge is 0.0901 e. The number of likely N-dealkylation sites (tertiary alicyclic amines) is 2. The first kappa shape index (κ1) is 18.2. The Morgan fingerprint density at radius 2 is 1.21 bits per heavy atom. The van der Waals surface area contributed by atoms with Gasteiger partial charge in [-0.2, -0.15) is 0 Å². The van der Waals surface area contributed by atoms with Crippen LogP contribution in [0, 0.1) is 7.14 Å². The van der Waals surface area contributed by atoms with Crippen molar-refractivity contribution in [3.63, 3.8) is 0 Å². The molecule has 0 saturated carbocycles. The molecule has 0 unspecified atom stereocenters. The molecule has 0 spiro atoms. The van der Waals surface area contributed by atoms with Crippen molar-refractivity contribution in [1.29, 1.82) is 0 Å². The minimum atomic E-state index is 0.0797. The van der Waals surface area contributed by atoms with Crippen LogP contribution in [0.5, 0.6) is 0 Å². The van der Waals surface area contributed by atoms with Crippen molar-refractivity contribution in [3.05, 3.63) is 54.7 Å². The molecule has 2 aromatic rings. The van der Waals surface area contributed by atoms with E-state index in [2.05, 4.69) is 116 Å². The zero-order valence-corrected chi connectivity index (χ0v) is 20.4. The molecule has 4 bridgehead atoms. The topological polar surface area (TPSA) is 30.5 Å². The van der Waals surface area contributed by atoms with Gasteiger partial charge in [0.1, 0.15) is 0 Å². The Hall–Kier alpha value is -0.580. The fraction of sp³-hybridized carbons (Fsp3) is 0.455. The lowest BCUT2D eigenvalue weighted by Gasteiger charge is -2.71. The molecule has 2 saturated heterocycles. The molecule has 0 amide bonds. The zero-order valence-electron chi connectivity index (χ0n) is 16.1. The van der Waals surface area contributed by atoms with E-state index in [0.29, 0.717) is 12.3 Å². The molecule has 2 N–H and O–H groups in total. The SMILES string of the molecule is CN1CC[C@]23c4cccc(I)c4N[C@H]1[C@]21CCN(C)[C@H]3Nc2c(I)cccc21. The van der Waals surface area contributed by atoms with Crippen LogP contribution in [0.15, 0.2) is 36.4 Å². The van der Waals surface area contributed by atoms with Crippen molar-refractivity contribution in [2.45, 2.75) is 36.0 Å². The first-order valence-corrected chi connectivity index (χ1v) is 12.2. The van der Waals surface area contributed by atoms with E-state index in [1.807, 2.05) is 0 Å². The second kappa shape index (κ2) is 5.98. The highest BCUT2D eigenvalue weighted by atomic mass is 127. The van der Waals surface area contributed by atoms with E-state index >= 15 is 0 Å². The number of likely N-dealkylation sites (N-methyl/N-ethyl adjacent to an activating group) is 2. The Morgan fingerprint density at radius 1 is 0.786 bits per heavy atom. The average Bonchev–Trinajstić information content (AvgIpc) is 2.68. The highest BCUT2D eigenvalue weighted by Gasteiger charge is 2.71. The number of halogens is 2. The van der Waals surface area contributed by atoms with Crippen LogP contribution in [0.2, 0.25) is 0 Å². The third-order valence-corrected chi connectivity index (χ3v) is 9.68. The summed E-state index contributed by atoms with van der Waals surface area (Å²) in [6, 6.07) is 13.8. The van der Waals surface area contributed by atoms with Crippen LogP contribution in [-0.2, 0) is 10.8 Å². The highest BCUT2D eigenvalue weighted by molar-refractivity contribution is 14.1. The van der Waals surface area contributed by atoms with E-state index < -0.39 is 0 Å². The second-order valence-electron chi connectivity index (χ2n) is 8.82. The van der Waals surface area contributed by atoms with Crippen molar-refractivity contribution < 1.29 is 0 Å². The monoisotopic (exact) mass is 598 g/mol. The summed E-state index contributed by atoms with van der Waals surface area (Å²) in [5.74, 6) is 0. The van der Waals surface area contributed by atoms with Crippen molar-refractivity contribution in [1.82, 2.24) is 9.80 Å². The molecule has 4 aliphatic heterocycles. The number of hydrogen-bond donors (Lipinski definition) is 2. The molecule has 4 nitrogen and oxygen atoms in total. The summed E-state index contributed by atoms with van der Waals surface area (Å²) in [4.78, 5) is 5.14. The largest absolute Gasteiger partial charge is 0.368 e. The maximum absolute atomic E-state index is 4.03. The lowest BCUT2D eigenvalue weighted by atomic mass is 9.45. The number of nitrogens with zero attached hydrogens (tertiary/aromatic N) is 2. The molecule has 4 aliphatic rings. The van der Waals surface area contributed by atoms with E-state index in [1.54, 1.807) is 0 Å². The number of rotatable bonds is 0. The summed E-state index contributed by atoms with van der Waals surface area (Å²) in [6.45, 7) is 2.24. The first-order valence-electron chi connectivity index (χ1n) is 10.0. The average molecular weight is 598 g/mol. The van der Waals surface area contributed by atoms with Gasteiger partial charge >= 0.3 is 0 Å². The molecule has 2 aromatic carbocycles. The number of para-hydroxylation sites is 2. The van der Waals surface area contributed by atoms with Gasteiger partial charge in [0.05, 0.1) is 23.7 Å². The molecule has 4 heterocycles. The third kappa shape index (κ3) is 1.94. The van der Waals surface area contributed by atoms with Gasteiger partial charge in [0.15, 0.2) is 0 Å². The van der Waals surface area contributed by atoms with E-state index in [0.717, 1.165) is 13.1 Å². The molecule has 0 aromatic heterocycles. The van der Waals surface area contributed by atoms with Gasteiger partial charge in [-0.05, 0) is 95.4 Å². The van der Waals surface area contributed by atoms with Crippen LogP contribution in [0.4, 0.5) is 11.4 Å². The molecule has 6 heteroatoms. The van der Waals surface area contributed by atoms with E-state index in [4.69, 9.17) is 0 Å². The van der Waals surface area contributed by atoms with Gasteiger partial charge in [-0.15, -0.1) is 0 Å². The van der Waals surface area contributed by atoms with E-state index in [1.165, 1.54) is 42.5 Å². The number of nitrogens with one attached hydrogen (secondary N) is 2. The van der Waals surface area contributed by atoms with Crippen LogP contribution >= 0.6 is 45.2 Å². The molecule has 0 radical (unpaired) electrons. The quantitative estimate of drug-likeness (QED) is 0.445. The summed E-state index contributed by atoms with van der Waals surface area (Å²) in [5.41, 5.74) is 5.89. The summed E-state index contributed by atoms with van der Waals surface area (Å²) < 4.78 is 2.66. The Morgan fingerprint density at radius 3 is 1.64 bits per heavy atom. The molecule has 146 valence electrons. The van der Waals surface area contributed by atoms with Gasteiger partial charge in [0, 0.05) is 31.1 Å². The fourth-order valence-corrected chi connectivity index (χ4v) is 8.10. The minimum absolute atomic E-state index is 0.0797. The Labute approximate surface area is 193 Å². The van der Waals surface area contributed by atoms with Gasteiger partial charge < -0.3 is 10.6 Å². The molecular formula is C22H24I2N4. The lowest BCUT2D eigenvalue weighted by molar-refractivity contribution is -0.0693. The van der Waals surface area contributed by atoms with Crippen molar-refractivity contribution in [3.8, 4) is 0 Å². The van der Waals surface area contributed by atoms with Crippen molar-refractivity contribution in [2.75, 3.05) is 37.8 Å². The Balaban J connectivity index is 1.76. The third-order valence-electron chi connectivity index (χ3n) is 7.88. The normalized spacial score (nSPS) is 35.9. The predicted molar refractivity (Wildman–Crippen MR) is 131 cm³/mol. The zero-order chi connectivity index (χ0) is 19.3. The predicted octanol–water partition coefficient (Wildman–Crippen LogP) is 4.25. The van der Waals surface area contributed by atoms with Gasteiger partial charge in [-0.1, -0.05) is 24.3 Å². The number of benzene rings is 2. The molecule has 0 aliphatic carbocycles. The number of fused-ring (bicyclic) bond motifs is 2. The van der Waals surface area contributed by atoms with Crippen LogP contribution in [0.25, 0.3) is 0 Å². The van der Waals surface area contributed by atoms with Crippen LogP contribution in [0.3, 0.4) is 0 Å². The molecule has 6 rings (SSSR count). The van der Waals surface area contributed by atoms with E-state index in [9.17, 15) is 0 Å². The Kier molecular flexibility index (Phi) is 3.89. The van der Waals surface area contributed by atoms with Gasteiger partial charge in [0.2, 0.25) is 0 Å². The van der Waals surface area contributed by atoms with Crippen LogP contribution in [0.1, 0.15) is 24.0 Å². The summed E-state index contributed by atoms with van der Waals surface area (Å²) in [7, 11) is 4.61. The lowest BCUT2D eigenvalue weighted by Crippen LogP contribution is -2.80. The summed E-state index contributed by atoms with van der Waals surface area (Å²) in [6.07, 6.45) is 3.00. The van der Waals surface area contributed by atoms with E-state index in [-0.39, 0.29) is 10.8 Å². The maximum Gasteiger partial charge on any atom is 0.0901 e. The van der Waals surface area contributed by atoms with Gasteiger partial charge in [0.25, 0.3) is 0 Å². The number of piperidine rings is 2. The number of hydrogen-bond acceptors (Lipinski definition) is 4. The minimum Gasteiger partial charge on any atom is -0.368 e. The molecule has 4 atom stereocenters. The fourth-order valence-electron chi connectivity index (χ4n) is 6.79. The molecular weight excluding hydrogens is 574 g/mol. The standard InChI is InChI=1S/C22H24I2N4/c1-27-11-9-22-14-6-4-7-15(23)17(14)25-19(27)21(22)10-12-28(2)20(22)26-18-13(21)5-3-8-16(18)24/h3-8,19-20,25-26H,9-12H2,1-2H3/t19-,20-,21-,22-/m1/s1. The van der Waals surface area contributed by atoms with Gasteiger partial charge in [-0.3, -0.25) is 9.80 Å². The molecule has 28 heavy (non-hydrogen) atoms. The second-order valence-corrected chi connectivity index (χ2v) is 11.1. The molecule has 2 fully saturated rings. The first-order chi connectivity index (χ1) is 13.5. The van der Waals surface area contributed by atoms with Crippen molar-refractivity contribution >= 4 is 56.6 Å². The Bertz CT molecular complexity index is 915. The highest BCUT2D eigenvalue weighted by Crippen LogP contribution is 2.66. The summed E-state index contributed by atoms with van der Waals surface area (Å²) >= 11 is 5.01. The van der Waals surface area contributed by atoms with Crippen LogP contribution < -0.4 is 10.6 Å². The van der Waals surface area contributed by atoms with Crippen LogP contribution in [-0.4, -0.2) is 49.3 Å². The number of anilines is 2. The van der Waals surface area contributed by atoms with Gasteiger partial charge in [-0.25, -0.2) is 0 Å².